The van der Waals surface area contributed by atoms with Gasteiger partial charge in [-0.3, -0.25) is 4.79 Å². The average Bonchev–Trinajstić information content (AvgIpc) is 2.82. The summed E-state index contributed by atoms with van der Waals surface area (Å²) in [4.78, 5) is 16.3. The molecule has 0 radical (unpaired) electrons. The normalized spacial score (nSPS) is 11.7. The molecule has 0 aliphatic carbocycles. The molecule has 1 heterocycles. The van der Waals surface area contributed by atoms with Crippen LogP contribution in [0, 0.1) is 0 Å². The Labute approximate surface area is 119 Å². The SMILES string of the molecule is CCCc1noc(CCC(=O)N(CCO)CC(F)(F)F)n1. The molecule has 0 saturated heterocycles. The number of hydrogen-bond donors (Lipinski definition) is 1. The number of carbonyl (C=O) groups excluding carboxylic acids is 1. The second-order valence-corrected chi connectivity index (χ2v) is 4.51. The Balaban J connectivity index is 2.52. The first-order valence-corrected chi connectivity index (χ1v) is 6.62. The van der Waals surface area contributed by atoms with Gasteiger partial charge < -0.3 is 14.5 Å². The molecule has 0 atom stereocenters. The van der Waals surface area contributed by atoms with Crippen molar-refractivity contribution in [2.45, 2.75) is 38.8 Å². The van der Waals surface area contributed by atoms with Crippen molar-refractivity contribution in [2.75, 3.05) is 19.7 Å². The molecular formula is C12H18F3N3O3. The molecule has 0 spiro atoms. The van der Waals surface area contributed by atoms with Crippen molar-refractivity contribution < 1.29 is 27.6 Å². The first-order chi connectivity index (χ1) is 9.85. The molecule has 9 heteroatoms. The highest BCUT2D eigenvalue weighted by Crippen LogP contribution is 2.17. The first-order valence-electron chi connectivity index (χ1n) is 6.62. The zero-order valence-electron chi connectivity index (χ0n) is 11.7. The van der Waals surface area contributed by atoms with Crippen molar-refractivity contribution in [1.82, 2.24) is 15.0 Å². The Morgan fingerprint density at radius 3 is 2.67 bits per heavy atom. The molecule has 0 saturated carbocycles. The van der Waals surface area contributed by atoms with Gasteiger partial charge in [0, 0.05) is 25.8 Å². The largest absolute Gasteiger partial charge is 0.406 e. The quantitative estimate of drug-likeness (QED) is 0.784. The summed E-state index contributed by atoms with van der Waals surface area (Å²) in [6.07, 6.45) is -3.11. The number of halogens is 3. The summed E-state index contributed by atoms with van der Waals surface area (Å²) < 4.78 is 41.9. The lowest BCUT2D eigenvalue weighted by atomic mass is 10.2. The molecular weight excluding hydrogens is 291 g/mol. The van der Waals surface area contributed by atoms with Crippen molar-refractivity contribution in [3.63, 3.8) is 0 Å². The van der Waals surface area contributed by atoms with E-state index in [9.17, 15) is 18.0 Å². The molecule has 0 aromatic carbocycles. The minimum absolute atomic E-state index is 0.0787. The fourth-order valence-corrected chi connectivity index (χ4v) is 1.72. The molecule has 6 nitrogen and oxygen atoms in total. The van der Waals surface area contributed by atoms with Crippen LogP contribution in [0.3, 0.4) is 0 Å². The van der Waals surface area contributed by atoms with Gasteiger partial charge >= 0.3 is 6.18 Å². The van der Waals surface area contributed by atoms with Gasteiger partial charge in [-0.2, -0.15) is 18.2 Å². The lowest BCUT2D eigenvalue weighted by molar-refractivity contribution is -0.162. The minimum Gasteiger partial charge on any atom is -0.395 e. The highest BCUT2D eigenvalue weighted by atomic mass is 19.4. The summed E-state index contributed by atoms with van der Waals surface area (Å²) in [5.74, 6) is 0.0295. The molecule has 0 aliphatic heterocycles. The van der Waals surface area contributed by atoms with Crippen LogP contribution in [0.2, 0.25) is 0 Å². The van der Waals surface area contributed by atoms with E-state index in [4.69, 9.17) is 9.63 Å². The fraction of sp³-hybridized carbons (Fsp3) is 0.750. The summed E-state index contributed by atoms with van der Waals surface area (Å²) in [7, 11) is 0. The van der Waals surface area contributed by atoms with Gasteiger partial charge in [-0.1, -0.05) is 12.1 Å². The van der Waals surface area contributed by atoms with Crippen molar-refractivity contribution in [3.8, 4) is 0 Å². The summed E-state index contributed by atoms with van der Waals surface area (Å²) in [5.41, 5.74) is 0. The highest BCUT2D eigenvalue weighted by molar-refractivity contribution is 5.76. The van der Waals surface area contributed by atoms with Crippen molar-refractivity contribution in [2.24, 2.45) is 0 Å². The van der Waals surface area contributed by atoms with Crippen LogP contribution in [0.15, 0.2) is 4.52 Å². The van der Waals surface area contributed by atoms with Crippen molar-refractivity contribution in [3.05, 3.63) is 11.7 Å². The fourth-order valence-electron chi connectivity index (χ4n) is 1.72. The Hall–Kier alpha value is -1.64. The molecule has 1 aromatic heterocycles. The molecule has 0 unspecified atom stereocenters. The van der Waals surface area contributed by atoms with Gasteiger partial charge in [0.1, 0.15) is 6.54 Å². The number of amides is 1. The first kappa shape index (κ1) is 17.4. The summed E-state index contributed by atoms with van der Waals surface area (Å²) in [6, 6.07) is 0. The minimum atomic E-state index is -4.50. The number of aryl methyl sites for hydroxylation is 2. The predicted molar refractivity (Wildman–Crippen MR) is 66.3 cm³/mol. The lowest BCUT2D eigenvalue weighted by Gasteiger charge is -2.22. The van der Waals surface area contributed by atoms with Gasteiger partial charge in [-0.25, -0.2) is 0 Å². The number of aliphatic hydroxyl groups is 1. The van der Waals surface area contributed by atoms with Gasteiger partial charge in [0.25, 0.3) is 0 Å². The number of hydrogen-bond acceptors (Lipinski definition) is 5. The van der Waals surface area contributed by atoms with E-state index in [1.54, 1.807) is 0 Å². The van der Waals surface area contributed by atoms with Crippen molar-refractivity contribution in [1.29, 1.82) is 0 Å². The van der Waals surface area contributed by atoms with Gasteiger partial charge in [-0.05, 0) is 6.42 Å². The Morgan fingerprint density at radius 2 is 2.10 bits per heavy atom. The van der Waals surface area contributed by atoms with E-state index in [0.29, 0.717) is 17.1 Å². The van der Waals surface area contributed by atoms with E-state index in [0.717, 1.165) is 6.42 Å². The van der Waals surface area contributed by atoms with Crippen LogP contribution in [0.4, 0.5) is 13.2 Å². The molecule has 1 amide bonds. The Morgan fingerprint density at radius 1 is 1.38 bits per heavy atom. The molecule has 120 valence electrons. The molecule has 21 heavy (non-hydrogen) atoms. The number of alkyl halides is 3. The molecule has 0 aliphatic rings. The third-order valence-corrected chi connectivity index (χ3v) is 2.63. The maximum atomic E-state index is 12.3. The van der Waals surface area contributed by atoms with Crippen LogP contribution in [0.1, 0.15) is 31.5 Å². The van der Waals surface area contributed by atoms with Gasteiger partial charge in [0.15, 0.2) is 5.82 Å². The Kier molecular flexibility index (Phi) is 6.60. The van der Waals surface area contributed by atoms with E-state index < -0.39 is 25.2 Å². The zero-order chi connectivity index (χ0) is 15.9. The van der Waals surface area contributed by atoms with E-state index in [-0.39, 0.29) is 25.3 Å². The van der Waals surface area contributed by atoms with Crippen LogP contribution >= 0.6 is 0 Å². The maximum absolute atomic E-state index is 12.3. The van der Waals surface area contributed by atoms with E-state index in [1.807, 2.05) is 6.92 Å². The number of aromatic nitrogens is 2. The number of carbonyl (C=O) groups is 1. The van der Waals surface area contributed by atoms with Crippen molar-refractivity contribution >= 4 is 5.91 Å². The van der Waals surface area contributed by atoms with Crippen LogP contribution in [-0.2, 0) is 17.6 Å². The summed E-state index contributed by atoms with van der Waals surface area (Å²) in [6.45, 7) is -0.312. The van der Waals surface area contributed by atoms with Gasteiger partial charge in [0.05, 0.1) is 6.61 Å². The van der Waals surface area contributed by atoms with Crippen LogP contribution in [0.5, 0.6) is 0 Å². The highest BCUT2D eigenvalue weighted by Gasteiger charge is 2.32. The predicted octanol–water partition coefficient (Wildman–Crippen LogP) is 1.34. The molecule has 0 fully saturated rings. The standard InChI is InChI=1S/C12H18F3N3O3/c1-2-3-9-16-10(21-17-9)4-5-11(20)18(6-7-19)8-12(13,14)15/h19H,2-8H2,1H3. The third kappa shape index (κ3) is 6.56. The Bertz CT molecular complexity index is 448. The van der Waals surface area contributed by atoms with E-state index in [1.165, 1.54) is 0 Å². The zero-order valence-corrected chi connectivity index (χ0v) is 11.7. The summed E-state index contributed by atoms with van der Waals surface area (Å²) in [5, 5.41) is 12.4. The molecule has 1 N–H and O–H groups in total. The van der Waals surface area contributed by atoms with Crippen LogP contribution < -0.4 is 0 Å². The topological polar surface area (TPSA) is 79.5 Å². The molecule has 1 rings (SSSR count). The maximum Gasteiger partial charge on any atom is 0.406 e. The second-order valence-electron chi connectivity index (χ2n) is 4.51. The van der Waals surface area contributed by atoms with Crippen LogP contribution in [-0.4, -0.2) is 51.9 Å². The number of rotatable bonds is 8. The third-order valence-electron chi connectivity index (χ3n) is 2.63. The molecule has 0 bridgehead atoms. The number of nitrogens with zero attached hydrogens (tertiary/aromatic N) is 3. The second kappa shape index (κ2) is 7.96. The molecule has 1 aromatic rings. The van der Waals surface area contributed by atoms with Gasteiger partial charge in [0.2, 0.25) is 11.8 Å². The van der Waals surface area contributed by atoms with Gasteiger partial charge in [-0.15, -0.1) is 0 Å². The van der Waals surface area contributed by atoms with E-state index >= 15 is 0 Å². The average molecular weight is 309 g/mol. The smallest absolute Gasteiger partial charge is 0.395 e. The summed E-state index contributed by atoms with van der Waals surface area (Å²) >= 11 is 0. The monoisotopic (exact) mass is 309 g/mol. The number of aliphatic hydroxyl groups excluding tert-OH is 1. The van der Waals surface area contributed by atoms with Crippen LogP contribution in [0.25, 0.3) is 0 Å². The van der Waals surface area contributed by atoms with E-state index in [2.05, 4.69) is 10.1 Å². The lowest BCUT2D eigenvalue weighted by Crippen LogP contribution is -2.40.